The number of benzene rings is 3. The highest BCUT2D eigenvalue weighted by molar-refractivity contribution is 6.07. The normalized spacial score (nSPS) is 15.2. The molecule has 4 nitrogen and oxygen atoms in total. The number of methoxy groups -OCH3 is 1. The zero-order valence-corrected chi connectivity index (χ0v) is 16.8. The summed E-state index contributed by atoms with van der Waals surface area (Å²) in [5, 5.41) is 3.65. The summed E-state index contributed by atoms with van der Waals surface area (Å²) in [4.78, 5) is 6.20. The smallest absolute Gasteiger partial charge is 0.126 e. The van der Waals surface area contributed by atoms with E-state index >= 15 is 0 Å². The minimum absolute atomic E-state index is 0.836. The quantitative estimate of drug-likeness (QED) is 0.532. The molecule has 4 aromatic rings. The number of aromatic amines is 1. The van der Waals surface area contributed by atoms with Crippen molar-refractivity contribution in [3.05, 3.63) is 66.4 Å². The fourth-order valence-corrected chi connectivity index (χ4v) is 4.46. The van der Waals surface area contributed by atoms with Crippen LogP contribution < -0.4 is 4.74 Å². The summed E-state index contributed by atoms with van der Waals surface area (Å²) in [6.45, 7) is 4.74. The predicted octanol–water partition coefficient (Wildman–Crippen LogP) is 4.87. The van der Waals surface area contributed by atoms with Crippen LogP contribution in [0, 0.1) is 0 Å². The fourth-order valence-electron chi connectivity index (χ4n) is 4.46. The van der Waals surface area contributed by atoms with E-state index < -0.39 is 0 Å². The molecular weight excluding hydrogens is 360 g/mol. The van der Waals surface area contributed by atoms with E-state index in [-0.39, 0.29) is 0 Å². The molecule has 1 aromatic heterocycles. The molecule has 3 aromatic carbocycles. The van der Waals surface area contributed by atoms with Crippen LogP contribution in [0.4, 0.5) is 0 Å². The van der Waals surface area contributed by atoms with Crippen molar-refractivity contribution in [3.8, 4) is 16.9 Å². The number of nitrogens with zero attached hydrogens (tertiary/aromatic N) is 1. The van der Waals surface area contributed by atoms with Crippen molar-refractivity contribution in [3.63, 3.8) is 0 Å². The second-order valence-electron chi connectivity index (χ2n) is 7.59. The van der Waals surface area contributed by atoms with Crippen LogP contribution >= 0.6 is 0 Å². The third-order valence-corrected chi connectivity index (χ3v) is 5.94. The summed E-state index contributed by atoms with van der Waals surface area (Å²) in [6, 6.07) is 21.4. The van der Waals surface area contributed by atoms with E-state index in [2.05, 4.69) is 70.5 Å². The molecular formula is C25H26N2O2. The molecule has 0 saturated carbocycles. The van der Waals surface area contributed by atoms with Crippen LogP contribution in [0.5, 0.6) is 5.75 Å². The van der Waals surface area contributed by atoms with Gasteiger partial charge < -0.3 is 14.5 Å². The number of hydrogen-bond donors (Lipinski definition) is 1. The van der Waals surface area contributed by atoms with Gasteiger partial charge in [-0.15, -0.1) is 0 Å². The van der Waals surface area contributed by atoms with Crippen molar-refractivity contribution in [2.75, 3.05) is 40.0 Å². The highest BCUT2D eigenvalue weighted by Crippen LogP contribution is 2.39. The van der Waals surface area contributed by atoms with E-state index in [0.717, 1.165) is 50.4 Å². The van der Waals surface area contributed by atoms with Crippen LogP contribution in [0.2, 0.25) is 0 Å². The van der Waals surface area contributed by atoms with Crippen molar-refractivity contribution in [1.82, 2.24) is 9.88 Å². The van der Waals surface area contributed by atoms with E-state index in [1.165, 1.54) is 33.1 Å². The predicted molar refractivity (Wildman–Crippen MR) is 119 cm³/mol. The number of ether oxygens (including phenoxy) is 2. The molecule has 1 fully saturated rings. The molecule has 29 heavy (non-hydrogen) atoms. The Balaban J connectivity index is 1.63. The average Bonchev–Trinajstić information content (AvgIpc) is 3.16. The van der Waals surface area contributed by atoms with Crippen LogP contribution in [0.3, 0.4) is 0 Å². The Bertz CT molecular complexity index is 1140. The lowest BCUT2D eigenvalue weighted by Gasteiger charge is -2.26. The van der Waals surface area contributed by atoms with Gasteiger partial charge in [0.1, 0.15) is 5.75 Å². The number of fused-ring (bicyclic) bond motifs is 2. The molecule has 5 rings (SSSR count). The number of hydrogen-bond acceptors (Lipinski definition) is 3. The largest absolute Gasteiger partial charge is 0.496 e. The molecule has 4 heteroatoms. The summed E-state index contributed by atoms with van der Waals surface area (Å²) in [5.41, 5.74) is 5.07. The number of nitrogens with one attached hydrogen (secondary N) is 1. The Hall–Kier alpha value is -2.82. The molecule has 1 saturated heterocycles. The summed E-state index contributed by atoms with van der Waals surface area (Å²) in [5.74, 6) is 0.916. The topological polar surface area (TPSA) is 37.5 Å². The number of aromatic nitrogens is 1. The van der Waals surface area contributed by atoms with Crippen LogP contribution in [0.15, 0.2) is 60.7 Å². The van der Waals surface area contributed by atoms with E-state index in [1.807, 2.05) is 0 Å². The molecule has 0 radical (unpaired) electrons. The van der Waals surface area contributed by atoms with Crippen LogP contribution in [-0.4, -0.2) is 49.8 Å². The summed E-state index contributed by atoms with van der Waals surface area (Å²) in [7, 11) is 1.74. The summed E-state index contributed by atoms with van der Waals surface area (Å²) < 4.78 is 11.1. The highest BCUT2D eigenvalue weighted by Gasteiger charge is 2.18. The van der Waals surface area contributed by atoms with Gasteiger partial charge in [-0.3, -0.25) is 4.90 Å². The van der Waals surface area contributed by atoms with Gasteiger partial charge in [-0.2, -0.15) is 0 Å². The standard InChI is InChI=1S/C25H26N2O2/c1-28-24-11-10-20(18-6-2-3-7-19(18)24)25-21-8-4-5-9-22(21)26-23(25)12-13-27-14-16-29-17-15-27/h2-11,26H,12-17H2,1H3. The van der Waals surface area contributed by atoms with Gasteiger partial charge in [-0.25, -0.2) is 0 Å². The maximum Gasteiger partial charge on any atom is 0.126 e. The Morgan fingerprint density at radius 1 is 0.897 bits per heavy atom. The van der Waals surface area contributed by atoms with Gasteiger partial charge in [0.25, 0.3) is 0 Å². The number of morpholine rings is 1. The van der Waals surface area contributed by atoms with Crippen LogP contribution in [-0.2, 0) is 11.2 Å². The molecule has 0 aliphatic carbocycles. The second-order valence-corrected chi connectivity index (χ2v) is 7.59. The Kier molecular flexibility index (Phi) is 4.96. The summed E-state index contributed by atoms with van der Waals surface area (Å²) in [6.07, 6.45) is 0.990. The molecule has 148 valence electrons. The van der Waals surface area contributed by atoms with Crippen molar-refractivity contribution >= 4 is 21.7 Å². The van der Waals surface area contributed by atoms with E-state index in [4.69, 9.17) is 9.47 Å². The first-order chi connectivity index (χ1) is 14.3. The van der Waals surface area contributed by atoms with Crippen molar-refractivity contribution in [1.29, 1.82) is 0 Å². The first kappa shape index (κ1) is 18.2. The highest BCUT2D eigenvalue weighted by atomic mass is 16.5. The monoisotopic (exact) mass is 386 g/mol. The lowest BCUT2D eigenvalue weighted by Crippen LogP contribution is -2.37. The molecule has 0 bridgehead atoms. The number of para-hydroxylation sites is 1. The fraction of sp³-hybridized carbons (Fsp3) is 0.280. The maximum atomic E-state index is 5.62. The molecule has 0 atom stereocenters. The molecule has 2 heterocycles. The van der Waals surface area contributed by atoms with Crippen LogP contribution in [0.1, 0.15) is 5.69 Å². The zero-order chi connectivity index (χ0) is 19.6. The lowest BCUT2D eigenvalue weighted by molar-refractivity contribution is 0.0384. The second kappa shape index (κ2) is 7.90. The number of rotatable bonds is 5. The van der Waals surface area contributed by atoms with Gasteiger partial charge in [0.2, 0.25) is 0 Å². The maximum absolute atomic E-state index is 5.62. The van der Waals surface area contributed by atoms with Crippen molar-refractivity contribution < 1.29 is 9.47 Å². The van der Waals surface area contributed by atoms with Gasteiger partial charge in [-0.05, 0) is 29.1 Å². The van der Waals surface area contributed by atoms with Gasteiger partial charge in [-0.1, -0.05) is 42.5 Å². The lowest BCUT2D eigenvalue weighted by atomic mass is 9.94. The zero-order valence-electron chi connectivity index (χ0n) is 16.8. The van der Waals surface area contributed by atoms with Gasteiger partial charge in [0.05, 0.1) is 20.3 Å². The minimum atomic E-state index is 0.836. The first-order valence-electron chi connectivity index (χ1n) is 10.3. The molecule has 1 N–H and O–H groups in total. The molecule has 0 unspecified atom stereocenters. The van der Waals surface area contributed by atoms with Gasteiger partial charge in [0, 0.05) is 53.6 Å². The SMILES string of the molecule is COc1ccc(-c2c(CCN3CCOCC3)[nH]c3ccccc23)c2ccccc12. The average molecular weight is 386 g/mol. The number of H-pyrrole nitrogens is 1. The van der Waals surface area contributed by atoms with E-state index in [9.17, 15) is 0 Å². The third-order valence-electron chi connectivity index (χ3n) is 5.94. The van der Waals surface area contributed by atoms with Gasteiger partial charge in [0.15, 0.2) is 0 Å². The molecule has 1 aliphatic rings. The van der Waals surface area contributed by atoms with Gasteiger partial charge >= 0.3 is 0 Å². The Morgan fingerprint density at radius 3 is 2.41 bits per heavy atom. The van der Waals surface area contributed by atoms with Crippen molar-refractivity contribution in [2.24, 2.45) is 0 Å². The third kappa shape index (κ3) is 3.39. The first-order valence-corrected chi connectivity index (χ1v) is 10.3. The summed E-state index contributed by atoms with van der Waals surface area (Å²) >= 11 is 0. The van der Waals surface area contributed by atoms with E-state index in [0.29, 0.717) is 0 Å². The molecule has 1 aliphatic heterocycles. The molecule has 0 amide bonds. The Morgan fingerprint density at radius 2 is 1.62 bits per heavy atom. The van der Waals surface area contributed by atoms with Crippen molar-refractivity contribution in [2.45, 2.75) is 6.42 Å². The van der Waals surface area contributed by atoms with E-state index in [1.54, 1.807) is 7.11 Å². The van der Waals surface area contributed by atoms with Crippen LogP contribution in [0.25, 0.3) is 32.8 Å². The Labute approximate surface area is 171 Å². The minimum Gasteiger partial charge on any atom is -0.496 e. The molecule has 0 spiro atoms.